The van der Waals surface area contributed by atoms with Crippen molar-refractivity contribution in [3.05, 3.63) is 59.7 Å². The number of anilines is 2. The second kappa shape index (κ2) is 6.77. The Bertz CT molecular complexity index is 692. The Balaban J connectivity index is 1.87. The van der Waals surface area contributed by atoms with Crippen molar-refractivity contribution in [2.45, 2.75) is 19.3 Å². The maximum Gasteiger partial charge on any atom is 0.261 e. The summed E-state index contributed by atoms with van der Waals surface area (Å²) in [6, 6.07) is 10.7. The number of benzene rings is 2. The predicted molar refractivity (Wildman–Crippen MR) is 86.8 cm³/mol. The number of rotatable bonds is 3. The number of amides is 1. The first-order chi connectivity index (χ1) is 11.2. The highest BCUT2D eigenvalue weighted by molar-refractivity contribution is 6.06. The fourth-order valence-corrected chi connectivity index (χ4v) is 2.89. The number of hydrogen-bond donors (Lipinski definition) is 1. The molecule has 1 fully saturated rings. The normalized spacial score (nSPS) is 14.6. The van der Waals surface area contributed by atoms with Gasteiger partial charge in [-0.05, 0) is 43.5 Å². The van der Waals surface area contributed by atoms with Gasteiger partial charge >= 0.3 is 0 Å². The van der Waals surface area contributed by atoms with Crippen molar-refractivity contribution >= 4 is 17.3 Å². The van der Waals surface area contributed by atoms with Crippen LogP contribution < -0.4 is 10.2 Å². The summed E-state index contributed by atoms with van der Waals surface area (Å²) in [5.41, 5.74) is 0.903. The molecular weight excluding hydrogens is 298 g/mol. The minimum absolute atomic E-state index is 0.555. The SMILES string of the molecule is O=C(Nc1ccccc1N1CCCCC1)c1c(F)cccc1F. The summed E-state index contributed by atoms with van der Waals surface area (Å²) in [7, 11) is 0. The highest BCUT2D eigenvalue weighted by Gasteiger charge is 2.20. The first kappa shape index (κ1) is 15.5. The molecule has 5 heteroatoms. The molecule has 0 bridgehead atoms. The molecule has 2 aromatic carbocycles. The summed E-state index contributed by atoms with van der Waals surface area (Å²) in [6.07, 6.45) is 3.40. The van der Waals surface area contributed by atoms with E-state index in [4.69, 9.17) is 0 Å². The Hall–Kier alpha value is -2.43. The Morgan fingerprint density at radius 1 is 0.913 bits per heavy atom. The second-order valence-corrected chi connectivity index (χ2v) is 5.62. The fourth-order valence-electron chi connectivity index (χ4n) is 2.89. The molecule has 0 unspecified atom stereocenters. The highest BCUT2D eigenvalue weighted by atomic mass is 19.1. The van der Waals surface area contributed by atoms with Crippen molar-refractivity contribution in [2.75, 3.05) is 23.3 Å². The van der Waals surface area contributed by atoms with Gasteiger partial charge in [-0.2, -0.15) is 0 Å². The van der Waals surface area contributed by atoms with Crippen LogP contribution in [0.4, 0.5) is 20.2 Å². The van der Waals surface area contributed by atoms with Crippen LogP contribution in [0.1, 0.15) is 29.6 Å². The number of carbonyl (C=O) groups excluding carboxylic acids is 1. The van der Waals surface area contributed by atoms with E-state index in [0.717, 1.165) is 43.8 Å². The van der Waals surface area contributed by atoms with Crippen LogP contribution in [-0.4, -0.2) is 19.0 Å². The molecule has 1 N–H and O–H groups in total. The van der Waals surface area contributed by atoms with E-state index in [-0.39, 0.29) is 0 Å². The van der Waals surface area contributed by atoms with Gasteiger partial charge in [0.05, 0.1) is 11.4 Å². The zero-order valence-corrected chi connectivity index (χ0v) is 12.7. The lowest BCUT2D eigenvalue weighted by molar-refractivity contribution is 0.101. The quantitative estimate of drug-likeness (QED) is 0.920. The van der Waals surface area contributed by atoms with Gasteiger partial charge in [-0.15, -0.1) is 0 Å². The number of nitrogens with zero attached hydrogens (tertiary/aromatic N) is 1. The molecule has 3 rings (SSSR count). The first-order valence-electron chi connectivity index (χ1n) is 7.76. The third-order valence-corrected chi connectivity index (χ3v) is 4.04. The van der Waals surface area contributed by atoms with Gasteiger partial charge in [0.25, 0.3) is 5.91 Å². The van der Waals surface area contributed by atoms with Crippen molar-refractivity contribution in [3.63, 3.8) is 0 Å². The summed E-state index contributed by atoms with van der Waals surface area (Å²) >= 11 is 0. The molecule has 1 aliphatic rings. The smallest absolute Gasteiger partial charge is 0.261 e. The highest BCUT2D eigenvalue weighted by Crippen LogP contribution is 2.29. The van der Waals surface area contributed by atoms with Gasteiger partial charge in [-0.1, -0.05) is 18.2 Å². The van der Waals surface area contributed by atoms with Crippen LogP contribution in [0.25, 0.3) is 0 Å². The number of hydrogen-bond acceptors (Lipinski definition) is 2. The van der Waals surface area contributed by atoms with Crippen molar-refractivity contribution in [1.29, 1.82) is 0 Å². The first-order valence-corrected chi connectivity index (χ1v) is 7.76. The third-order valence-electron chi connectivity index (χ3n) is 4.04. The standard InChI is InChI=1S/C18H18F2N2O/c19-13-7-6-8-14(20)17(13)18(23)21-15-9-2-3-10-16(15)22-11-4-1-5-12-22/h2-3,6-10H,1,4-5,11-12H2,(H,21,23). The predicted octanol–water partition coefficient (Wildman–Crippen LogP) is 4.21. The zero-order valence-electron chi connectivity index (χ0n) is 12.7. The van der Waals surface area contributed by atoms with Crippen molar-refractivity contribution < 1.29 is 13.6 Å². The molecule has 23 heavy (non-hydrogen) atoms. The molecule has 0 radical (unpaired) electrons. The molecule has 1 saturated heterocycles. The summed E-state index contributed by atoms with van der Waals surface area (Å²) in [4.78, 5) is 14.5. The van der Waals surface area contributed by atoms with Crippen LogP contribution in [0.5, 0.6) is 0 Å². The number of piperidine rings is 1. The lowest BCUT2D eigenvalue weighted by Gasteiger charge is -2.30. The average molecular weight is 316 g/mol. The molecule has 1 heterocycles. The van der Waals surface area contributed by atoms with Gasteiger partial charge in [-0.25, -0.2) is 8.78 Å². The number of para-hydroxylation sites is 2. The van der Waals surface area contributed by atoms with Gasteiger partial charge in [0.2, 0.25) is 0 Å². The van der Waals surface area contributed by atoms with E-state index < -0.39 is 23.1 Å². The van der Waals surface area contributed by atoms with Crippen molar-refractivity contribution in [2.24, 2.45) is 0 Å². The molecule has 1 aliphatic heterocycles. The monoisotopic (exact) mass is 316 g/mol. The van der Waals surface area contributed by atoms with Gasteiger partial charge in [0, 0.05) is 13.1 Å². The largest absolute Gasteiger partial charge is 0.370 e. The molecule has 1 amide bonds. The van der Waals surface area contributed by atoms with Crippen LogP contribution in [0.3, 0.4) is 0 Å². The lowest BCUT2D eigenvalue weighted by Crippen LogP contribution is -2.30. The Kier molecular flexibility index (Phi) is 4.55. The molecule has 2 aromatic rings. The van der Waals surface area contributed by atoms with Gasteiger partial charge in [-0.3, -0.25) is 4.79 Å². The molecule has 0 aromatic heterocycles. The Labute approximate surface area is 133 Å². The second-order valence-electron chi connectivity index (χ2n) is 5.62. The van der Waals surface area contributed by atoms with Crippen LogP contribution >= 0.6 is 0 Å². The Morgan fingerprint density at radius 3 is 2.26 bits per heavy atom. The third kappa shape index (κ3) is 3.33. The maximum atomic E-state index is 13.7. The molecular formula is C18H18F2N2O. The lowest BCUT2D eigenvalue weighted by atomic mass is 10.1. The van der Waals surface area contributed by atoms with Crippen LogP contribution in [-0.2, 0) is 0 Å². The van der Waals surface area contributed by atoms with Crippen LogP contribution in [0.2, 0.25) is 0 Å². The molecule has 0 saturated carbocycles. The summed E-state index contributed by atoms with van der Waals surface area (Å²) < 4.78 is 27.5. The van der Waals surface area contributed by atoms with E-state index in [2.05, 4.69) is 10.2 Å². The minimum Gasteiger partial charge on any atom is -0.370 e. The van der Waals surface area contributed by atoms with E-state index in [9.17, 15) is 13.6 Å². The van der Waals surface area contributed by atoms with Gasteiger partial charge < -0.3 is 10.2 Å². The maximum absolute atomic E-state index is 13.7. The average Bonchev–Trinajstić information content (AvgIpc) is 2.56. The van der Waals surface area contributed by atoms with E-state index in [1.165, 1.54) is 12.5 Å². The van der Waals surface area contributed by atoms with E-state index >= 15 is 0 Å². The number of nitrogens with one attached hydrogen (secondary N) is 1. The summed E-state index contributed by atoms with van der Waals surface area (Å²) in [5, 5.41) is 2.65. The minimum atomic E-state index is -0.863. The Morgan fingerprint density at radius 2 is 1.57 bits per heavy atom. The summed E-state index contributed by atoms with van der Waals surface area (Å²) in [6.45, 7) is 1.84. The van der Waals surface area contributed by atoms with Crippen molar-refractivity contribution in [3.8, 4) is 0 Å². The zero-order chi connectivity index (χ0) is 16.2. The molecule has 0 spiro atoms. The molecule has 0 aliphatic carbocycles. The van der Waals surface area contributed by atoms with Crippen LogP contribution in [0.15, 0.2) is 42.5 Å². The topological polar surface area (TPSA) is 32.3 Å². The van der Waals surface area contributed by atoms with Crippen molar-refractivity contribution in [1.82, 2.24) is 0 Å². The van der Waals surface area contributed by atoms with Gasteiger partial charge in [0.15, 0.2) is 0 Å². The van der Waals surface area contributed by atoms with Gasteiger partial charge in [0.1, 0.15) is 17.2 Å². The molecule has 120 valence electrons. The number of carbonyl (C=O) groups is 1. The van der Waals surface area contributed by atoms with E-state index in [1.807, 2.05) is 12.1 Å². The molecule has 3 nitrogen and oxygen atoms in total. The van der Waals surface area contributed by atoms with Crippen LogP contribution in [0, 0.1) is 11.6 Å². The fraction of sp³-hybridized carbons (Fsp3) is 0.278. The molecule has 0 atom stereocenters. The van der Waals surface area contributed by atoms with E-state index in [0.29, 0.717) is 5.69 Å². The number of halogens is 2. The summed E-state index contributed by atoms with van der Waals surface area (Å²) in [5.74, 6) is -2.50. The van der Waals surface area contributed by atoms with E-state index in [1.54, 1.807) is 12.1 Å².